The van der Waals surface area contributed by atoms with Crippen molar-refractivity contribution < 1.29 is 9.53 Å². The van der Waals surface area contributed by atoms with Crippen molar-refractivity contribution in [2.24, 2.45) is 0 Å². The minimum atomic E-state index is 0.0584. The molecule has 1 aliphatic heterocycles. The van der Waals surface area contributed by atoms with Gasteiger partial charge in [-0.25, -0.2) is 0 Å². The number of benzene rings is 2. The van der Waals surface area contributed by atoms with Crippen LogP contribution in [-0.4, -0.2) is 79.6 Å². The van der Waals surface area contributed by atoms with Gasteiger partial charge in [0.1, 0.15) is 5.75 Å². The molecule has 29 heavy (non-hydrogen) atoms. The standard InChI is InChI=1S/C24H33N3O2/c1-19-16-26(17-20(2)27(19)15-14-25(3)4)24(28)18-29-23-12-10-22(11-13-23)21-8-6-5-7-9-21/h5-13,19-20H,14-18H2,1-4H3. The van der Waals surface area contributed by atoms with Crippen molar-refractivity contribution in [3.8, 4) is 16.9 Å². The van der Waals surface area contributed by atoms with Crippen LogP contribution in [0.4, 0.5) is 0 Å². The van der Waals surface area contributed by atoms with E-state index in [9.17, 15) is 4.79 Å². The molecule has 2 aromatic carbocycles. The lowest BCUT2D eigenvalue weighted by molar-refractivity contribution is -0.137. The van der Waals surface area contributed by atoms with Gasteiger partial charge in [0.2, 0.25) is 0 Å². The fraction of sp³-hybridized carbons (Fsp3) is 0.458. The first kappa shape index (κ1) is 21.3. The Kier molecular flexibility index (Phi) is 7.29. The maximum Gasteiger partial charge on any atom is 0.260 e. The number of ether oxygens (including phenoxy) is 1. The molecule has 3 rings (SSSR count). The summed E-state index contributed by atoms with van der Waals surface area (Å²) in [7, 11) is 4.19. The molecule has 1 saturated heterocycles. The van der Waals surface area contributed by atoms with E-state index < -0.39 is 0 Å². The number of piperazine rings is 1. The monoisotopic (exact) mass is 395 g/mol. The van der Waals surface area contributed by atoms with E-state index in [1.807, 2.05) is 47.4 Å². The Morgan fingerprint density at radius 3 is 2.14 bits per heavy atom. The van der Waals surface area contributed by atoms with Crippen LogP contribution in [0.3, 0.4) is 0 Å². The molecule has 2 atom stereocenters. The van der Waals surface area contributed by atoms with Crippen LogP contribution in [0.25, 0.3) is 11.1 Å². The molecular formula is C24H33N3O2. The maximum absolute atomic E-state index is 12.7. The first-order valence-corrected chi connectivity index (χ1v) is 10.4. The van der Waals surface area contributed by atoms with Crippen LogP contribution in [0, 0.1) is 0 Å². The molecule has 0 N–H and O–H groups in total. The normalized spacial score (nSPS) is 20.1. The molecule has 1 fully saturated rings. The molecule has 1 aliphatic rings. The van der Waals surface area contributed by atoms with Crippen LogP contribution in [0.1, 0.15) is 13.8 Å². The summed E-state index contributed by atoms with van der Waals surface area (Å²) >= 11 is 0. The highest BCUT2D eigenvalue weighted by molar-refractivity contribution is 5.78. The molecule has 1 amide bonds. The lowest BCUT2D eigenvalue weighted by Gasteiger charge is -2.44. The topological polar surface area (TPSA) is 36.0 Å². The molecule has 0 saturated carbocycles. The molecule has 2 unspecified atom stereocenters. The number of carbonyl (C=O) groups excluding carboxylic acids is 1. The average Bonchev–Trinajstić information content (AvgIpc) is 2.72. The molecule has 2 aromatic rings. The summed E-state index contributed by atoms with van der Waals surface area (Å²) in [4.78, 5) is 19.3. The first-order chi connectivity index (χ1) is 13.9. The molecule has 0 aliphatic carbocycles. The molecule has 0 radical (unpaired) electrons. The van der Waals surface area contributed by atoms with Crippen LogP contribution >= 0.6 is 0 Å². The second-order valence-electron chi connectivity index (χ2n) is 8.22. The summed E-state index contributed by atoms with van der Waals surface area (Å²) in [5.41, 5.74) is 2.31. The summed E-state index contributed by atoms with van der Waals surface area (Å²) in [5.74, 6) is 0.784. The van der Waals surface area contributed by atoms with Crippen molar-refractivity contribution in [3.05, 3.63) is 54.6 Å². The van der Waals surface area contributed by atoms with Crippen molar-refractivity contribution in [1.82, 2.24) is 14.7 Å². The lowest BCUT2D eigenvalue weighted by atomic mass is 10.1. The fourth-order valence-electron chi connectivity index (χ4n) is 3.93. The first-order valence-electron chi connectivity index (χ1n) is 10.4. The molecule has 0 bridgehead atoms. The third-order valence-electron chi connectivity index (χ3n) is 5.58. The van der Waals surface area contributed by atoms with Crippen molar-refractivity contribution in [1.29, 1.82) is 0 Å². The van der Waals surface area contributed by atoms with E-state index in [0.29, 0.717) is 12.1 Å². The third kappa shape index (κ3) is 5.81. The number of carbonyl (C=O) groups is 1. The van der Waals surface area contributed by atoms with E-state index in [0.717, 1.165) is 37.5 Å². The van der Waals surface area contributed by atoms with Crippen LogP contribution in [0.5, 0.6) is 5.75 Å². The highest BCUT2D eigenvalue weighted by Crippen LogP contribution is 2.22. The maximum atomic E-state index is 12.7. The minimum absolute atomic E-state index is 0.0584. The number of nitrogens with zero attached hydrogens (tertiary/aromatic N) is 3. The van der Waals surface area contributed by atoms with E-state index in [4.69, 9.17) is 4.74 Å². The predicted octanol–water partition coefficient (Wildman–Crippen LogP) is 3.22. The van der Waals surface area contributed by atoms with E-state index in [2.05, 4.69) is 49.9 Å². The zero-order valence-electron chi connectivity index (χ0n) is 18.0. The van der Waals surface area contributed by atoms with Gasteiger partial charge in [0.05, 0.1) is 0 Å². The Balaban J connectivity index is 1.51. The Labute approximate surface area is 174 Å². The zero-order valence-corrected chi connectivity index (χ0v) is 18.0. The molecule has 0 spiro atoms. The van der Waals surface area contributed by atoms with Gasteiger partial charge in [0.25, 0.3) is 5.91 Å². The van der Waals surface area contributed by atoms with Gasteiger partial charge in [-0.1, -0.05) is 42.5 Å². The summed E-state index contributed by atoms with van der Waals surface area (Å²) in [6.45, 7) is 8.07. The molecule has 1 heterocycles. The summed E-state index contributed by atoms with van der Waals surface area (Å²) in [6.07, 6.45) is 0. The third-order valence-corrected chi connectivity index (χ3v) is 5.58. The number of rotatable bonds is 7. The highest BCUT2D eigenvalue weighted by Gasteiger charge is 2.31. The second-order valence-corrected chi connectivity index (χ2v) is 8.22. The molecule has 0 aromatic heterocycles. The van der Waals surface area contributed by atoms with Gasteiger partial charge in [0, 0.05) is 38.3 Å². The minimum Gasteiger partial charge on any atom is -0.484 e. The van der Waals surface area contributed by atoms with Crippen LogP contribution in [0.15, 0.2) is 54.6 Å². The predicted molar refractivity (Wildman–Crippen MR) is 118 cm³/mol. The van der Waals surface area contributed by atoms with E-state index in [1.54, 1.807) is 0 Å². The Morgan fingerprint density at radius 2 is 1.55 bits per heavy atom. The van der Waals surface area contributed by atoms with Gasteiger partial charge in [-0.05, 0) is 51.2 Å². The molecular weight excluding hydrogens is 362 g/mol. The van der Waals surface area contributed by atoms with Gasteiger partial charge in [-0.15, -0.1) is 0 Å². The number of hydrogen-bond donors (Lipinski definition) is 0. The van der Waals surface area contributed by atoms with Crippen LogP contribution in [0.2, 0.25) is 0 Å². The fourth-order valence-corrected chi connectivity index (χ4v) is 3.93. The van der Waals surface area contributed by atoms with Crippen molar-refractivity contribution in [2.45, 2.75) is 25.9 Å². The zero-order chi connectivity index (χ0) is 20.8. The molecule has 5 nitrogen and oxygen atoms in total. The molecule has 156 valence electrons. The van der Waals surface area contributed by atoms with Gasteiger partial charge in [-0.3, -0.25) is 9.69 Å². The number of likely N-dealkylation sites (N-methyl/N-ethyl adjacent to an activating group) is 1. The van der Waals surface area contributed by atoms with Crippen molar-refractivity contribution in [2.75, 3.05) is 46.9 Å². The van der Waals surface area contributed by atoms with Gasteiger partial charge >= 0.3 is 0 Å². The van der Waals surface area contributed by atoms with Crippen LogP contribution < -0.4 is 4.74 Å². The number of hydrogen-bond acceptors (Lipinski definition) is 4. The Bertz CT molecular complexity index is 764. The number of amides is 1. The van der Waals surface area contributed by atoms with E-state index >= 15 is 0 Å². The van der Waals surface area contributed by atoms with E-state index in [-0.39, 0.29) is 12.5 Å². The Morgan fingerprint density at radius 1 is 0.966 bits per heavy atom. The second kappa shape index (κ2) is 9.90. The van der Waals surface area contributed by atoms with Crippen molar-refractivity contribution >= 4 is 5.91 Å². The summed E-state index contributed by atoms with van der Waals surface area (Å²) in [6, 6.07) is 18.9. The van der Waals surface area contributed by atoms with Gasteiger partial charge in [0.15, 0.2) is 6.61 Å². The average molecular weight is 396 g/mol. The van der Waals surface area contributed by atoms with Crippen molar-refractivity contribution in [3.63, 3.8) is 0 Å². The summed E-state index contributed by atoms with van der Waals surface area (Å²) < 4.78 is 5.78. The largest absolute Gasteiger partial charge is 0.484 e. The highest BCUT2D eigenvalue weighted by atomic mass is 16.5. The SMILES string of the molecule is CC1CN(C(=O)COc2ccc(-c3ccccc3)cc2)CC(C)N1CCN(C)C. The smallest absolute Gasteiger partial charge is 0.260 e. The van der Waals surface area contributed by atoms with Gasteiger partial charge in [-0.2, -0.15) is 0 Å². The van der Waals surface area contributed by atoms with Crippen LogP contribution in [-0.2, 0) is 4.79 Å². The summed E-state index contributed by atoms with van der Waals surface area (Å²) in [5, 5.41) is 0. The van der Waals surface area contributed by atoms with E-state index in [1.165, 1.54) is 5.56 Å². The quantitative estimate of drug-likeness (QED) is 0.721. The lowest BCUT2D eigenvalue weighted by Crippen LogP contribution is -2.59. The Hall–Kier alpha value is -2.37. The molecule has 5 heteroatoms. The van der Waals surface area contributed by atoms with Gasteiger partial charge < -0.3 is 14.5 Å².